The zero-order valence-corrected chi connectivity index (χ0v) is 36.3. The number of carbonyl (C=O) groups excluding carboxylic acids is 6. The van der Waals surface area contributed by atoms with Gasteiger partial charge in [0.25, 0.3) is 6.47 Å². The second kappa shape index (κ2) is 30.3. The summed E-state index contributed by atoms with van der Waals surface area (Å²) in [5, 5.41) is 56.6. The molecule has 348 valence electrons. The van der Waals surface area contributed by atoms with Crippen LogP contribution in [0, 0.1) is 11.8 Å². The van der Waals surface area contributed by atoms with Crippen LogP contribution in [0.1, 0.15) is 70.3 Å². The molecule has 0 aliphatic heterocycles. The summed E-state index contributed by atoms with van der Waals surface area (Å²) in [4.78, 5) is 133. The van der Waals surface area contributed by atoms with Crippen molar-refractivity contribution in [2.24, 2.45) is 11.8 Å². The highest BCUT2D eigenvalue weighted by Gasteiger charge is 2.32. The number of thiocarbonyl (C=S) groups is 1. The zero-order valence-electron chi connectivity index (χ0n) is 33.9. The Morgan fingerprint density at radius 3 is 1.90 bits per heavy atom. The molecule has 22 nitrogen and oxygen atoms in total. The summed E-state index contributed by atoms with van der Waals surface area (Å²) in [5.74, 6) is -13.3. The molecule has 0 radical (unpaired) electrons. The molecule has 9 N–H and O–H groups in total. The SMILES string of the molecule is CC(=O)OCCSSC[C@H](CC(=O)[C@H](Cc1ccccc1)NC(=O)[C@H](CC(=O)O)CC(=O)CC[C@H](NC(=O)CC[C@H](NC(=S)N[C@@H](CCC(=O)O)OC=O)C(=O)O)C(=O)O)C(=O)O. The van der Waals surface area contributed by atoms with Gasteiger partial charge in [-0.2, -0.15) is 0 Å². The molecule has 0 heterocycles. The number of rotatable bonds is 34. The first-order valence-corrected chi connectivity index (χ1v) is 22.0. The first-order chi connectivity index (χ1) is 29.7. The molecule has 1 aromatic carbocycles. The van der Waals surface area contributed by atoms with E-state index in [-0.39, 0.29) is 36.8 Å². The van der Waals surface area contributed by atoms with E-state index < -0.39 is 147 Å². The number of esters is 1. The predicted molar refractivity (Wildman–Crippen MR) is 226 cm³/mol. The number of hydrogen-bond donors (Lipinski definition) is 9. The van der Waals surface area contributed by atoms with Gasteiger partial charge in [0.05, 0.1) is 30.7 Å². The molecule has 1 rings (SSSR count). The topological polar surface area (TPSA) is 356 Å². The van der Waals surface area contributed by atoms with Gasteiger partial charge in [-0.3, -0.25) is 43.2 Å². The maximum Gasteiger partial charge on any atom is 0.326 e. The average Bonchev–Trinajstić information content (AvgIpc) is 3.20. The van der Waals surface area contributed by atoms with E-state index in [4.69, 9.17) is 22.1 Å². The standard InChI is InChI=1S/C38H50N4O18S3/c1-21(44)59-13-14-62-63-19-24(35(53)54)17-29(46)28(15-22-5-3-2-4-6-22)40-34(52)23(18-33(50)51)16-25(45)7-8-26(36(55)56)39-30(47)10-9-27(37(57)58)41-38(61)42-31(60-20-43)11-12-32(48)49/h2-6,20,23-24,26-28,31H,7-19H2,1H3,(H,39,47)(H,40,52)(H,48,49)(H,50,51)(H,53,54)(H,55,56)(H,57,58)(H2,41,42,61)/t23-,24-,26-,27-,28-,31+/m0/s1. The van der Waals surface area contributed by atoms with Crippen molar-refractivity contribution in [1.29, 1.82) is 0 Å². The van der Waals surface area contributed by atoms with E-state index in [2.05, 4.69) is 26.0 Å². The number of hydrogen-bond acceptors (Lipinski definition) is 16. The second-order valence-corrected chi connectivity index (χ2v) is 16.7. The highest BCUT2D eigenvalue weighted by atomic mass is 33.1. The molecule has 6 atom stereocenters. The molecule has 0 aliphatic rings. The van der Waals surface area contributed by atoms with E-state index in [0.29, 0.717) is 11.3 Å². The average molecular weight is 947 g/mol. The molecule has 2 amide bonds. The lowest BCUT2D eigenvalue weighted by molar-refractivity contribution is -0.144. The molecular weight excluding hydrogens is 897 g/mol. The fraction of sp³-hybridized carbons (Fsp3) is 0.526. The van der Waals surface area contributed by atoms with Crippen molar-refractivity contribution in [3.63, 3.8) is 0 Å². The number of carboxylic acids is 5. The number of aliphatic carboxylic acids is 5. The number of carboxylic acid groups (broad SMARTS) is 5. The summed E-state index contributed by atoms with van der Waals surface area (Å²) < 4.78 is 9.51. The number of Topliss-reactive ketones (excluding diaryl/α,β-unsaturated/α-hetero) is 2. The summed E-state index contributed by atoms with van der Waals surface area (Å²) in [6, 6.07) is 3.81. The highest BCUT2D eigenvalue weighted by Crippen LogP contribution is 2.26. The lowest BCUT2D eigenvalue weighted by atomic mass is 9.92. The van der Waals surface area contributed by atoms with Crippen molar-refractivity contribution in [3.8, 4) is 0 Å². The van der Waals surface area contributed by atoms with Crippen LogP contribution in [0.25, 0.3) is 0 Å². The third-order valence-electron chi connectivity index (χ3n) is 8.62. The Labute approximate surface area is 373 Å². The van der Waals surface area contributed by atoms with Crippen LogP contribution in [0.2, 0.25) is 0 Å². The van der Waals surface area contributed by atoms with Crippen LogP contribution >= 0.6 is 33.8 Å². The number of ketones is 2. The summed E-state index contributed by atoms with van der Waals surface area (Å²) in [6.07, 6.45) is -6.16. The van der Waals surface area contributed by atoms with Crippen LogP contribution in [-0.2, 0) is 68.6 Å². The number of ether oxygens (including phenoxy) is 2. The highest BCUT2D eigenvalue weighted by molar-refractivity contribution is 8.76. The van der Waals surface area contributed by atoms with Gasteiger partial charge in [-0.1, -0.05) is 51.9 Å². The Hall–Kier alpha value is -5.82. The Morgan fingerprint density at radius 1 is 0.698 bits per heavy atom. The number of nitrogens with one attached hydrogen (secondary N) is 4. The van der Waals surface area contributed by atoms with Crippen LogP contribution in [0.4, 0.5) is 0 Å². The first-order valence-electron chi connectivity index (χ1n) is 19.1. The van der Waals surface area contributed by atoms with E-state index in [1.807, 2.05) is 0 Å². The van der Waals surface area contributed by atoms with Crippen LogP contribution in [-0.4, -0.2) is 139 Å². The van der Waals surface area contributed by atoms with E-state index in [1.165, 1.54) is 17.7 Å². The van der Waals surface area contributed by atoms with E-state index in [1.54, 1.807) is 30.3 Å². The number of benzene rings is 1. The first kappa shape index (κ1) is 55.2. The van der Waals surface area contributed by atoms with E-state index in [9.17, 15) is 73.2 Å². The van der Waals surface area contributed by atoms with Gasteiger partial charge in [-0.25, -0.2) is 9.59 Å². The maximum absolute atomic E-state index is 13.6. The van der Waals surface area contributed by atoms with Crippen molar-refractivity contribution in [1.82, 2.24) is 21.3 Å². The lowest BCUT2D eigenvalue weighted by Gasteiger charge is -2.23. The van der Waals surface area contributed by atoms with Crippen molar-refractivity contribution < 1.29 is 87.7 Å². The van der Waals surface area contributed by atoms with E-state index >= 15 is 0 Å². The normalized spacial score (nSPS) is 13.5. The Kier molecular flexibility index (Phi) is 26.5. The minimum absolute atomic E-state index is 0.0161. The fourth-order valence-electron chi connectivity index (χ4n) is 5.45. The van der Waals surface area contributed by atoms with Gasteiger partial charge in [0.1, 0.15) is 24.5 Å². The Bertz CT molecular complexity index is 1790. The molecule has 0 bridgehead atoms. The molecule has 63 heavy (non-hydrogen) atoms. The molecule has 0 saturated heterocycles. The van der Waals surface area contributed by atoms with Crippen LogP contribution < -0.4 is 21.3 Å². The fourth-order valence-corrected chi connectivity index (χ4v) is 7.85. The maximum atomic E-state index is 13.6. The minimum atomic E-state index is -1.68. The van der Waals surface area contributed by atoms with Crippen molar-refractivity contribution >= 4 is 105 Å². The molecule has 0 aromatic heterocycles. The van der Waals surface area contributed by atoms with Crippen LogP contribution in [0.15, 0.2) is 30.3 Å². The van der Waals surface area contributed by atoms with Gasteiger partial charge in [0, 0.05) is 50.5 Å². The largest absolute Gasteiger partial charge is 0.481 e. The second-order valence-electron chi connectivity index (χ2n) is 13.6. The van der Waals surface area contributed by atoms with Crippen molar-refractivity contribution in [3.05, 3.63) is 35.9 Å². The molecular formula is C38H50N4O18S3. The molecule has 0 spiro atoms. The minimum Gasteiger partial charge on any atom is -0.481 e. The van der Waals surface area contributed by atoms with Gasteiger partial charge < -0.3 is 56.3 Å². The smallest absolute Gasteiger partial charge is 0.326 e. The summed E-state index contributed by atoms with van der Waals surface area (Å²) in [7, 11) is 2.37. The molecule has 1 aromatic rings. The summed E-state index contributed by atoms with van der Waals surface area (Å²) in [5.41, 5.74) is 0.575. The quantitative estimate of drug-likeness (QED) is 0.0115. The third-order valence-corrected chi connectivity index (χ3v) is 11.3. The Balaban J connectivity index is 2.96. The van der Waals surface area contributed by atoms with Gasteiger partial charge >= 0.3 is 35.8 Å². The van der Waals surface area contributed by atoms with Crippen LogP contribution in [0.3, 0.4) is 0 Å². The summed E-state index contributed by atoms with van der Waals surface area (Å²) in [6.45, 7) is 1.37. The Morgan fingerprint density at radius 2 is 1.33 bits per heavy atom. The molecule has 0 aliphatic carbocycles. The van der Waals surface area contributed by atoms with Gasteiger partial charge in [0.2, 0.25) is 11.8 Å². The van der Waals surface area contributed by atoms with Crippen molar-refractivity contribution in [2.45, 2.75) is 95.5 Å². The molecule has 0 unspecified atom stereocenters. The molecule has 0 saturated carbocycles. The predicted octanol–water partition coefficient (Wildman–Crippen LogP) is 0.780. The number of amides is 2. The lowest BCUT2D eigenvalue weighted by Crippen LogP contribution is -2.50. The summed E-state index contributed by atoms with van der Waals surface area (Å²) >= 11 is 5.00. The number of carbonyl (C=O) groups is 11. The third kappa shape index (κ3) is 25.0. The van der Waals surface area contributed by atoms with Crippen LogP contribution in [0.5, 0.6) is 0 Å². The molecule has 25 heteroatoms. The van der Waals surface area contributed by atoms with Gasteiger partial charge in [-0.15, -0.1) is 0 Å². The zero-order chi connectivity index (χ0) is 47.5. The molecule has 0 fully saturated rings. The van der Waals surface area contributed by atoms with E-state index in [0.717, 1.165) is 10.8 Å². The van der Waals surface area contributed by atoms with Gasteiger partial charge in [-0.05, 0) is 37.0 Å². The van der Waals surface area contributed by atoms with Crippen molar-refractivity contribution in [2.75, 3.05) is 18.1 Å². The monoisotopic (exact) mass is 946 g/mol. The van der Waals surface area contributed by atoms with Gasteiger partial charge in [0.15, 0.2) is 17.1 Å².